The molecule has 0 fully saturated rings. The molecule has 0 radical (unpaired) electrons. The fourth-order valence-corrected chi connectivity index (χ4v) is 4.42. The van der Waals surface area contributed by atoms with Gasteiger partial charge in [0.05, 0.1) is 0 Å². The van der Waals surface area contributed by atoms with Gasteiger partial charge in [0.25, 0.3) is 0 Å². The largest absolute Gasteiger partial charge is 0.0622 e. The molecule has 4 aromatic carbocycles. The van der Waals surface area contributed by atoms with Crippen molar-refractivity contribution in [1.29, 1.82) is 0 Å². The molecular formula is C26H16. The van der Waals surface area contributed by atoms with Crippen LogP contribution in [0.1, 0.15) is 27.8 Å². The second kappa shape index (κ2) is 5.06. The molecular weight excluding hydrogens is 312 g/mol. The molecule has 0 saturated carbocycles. The van der Waals surface area contributed by atoms with Crippen molar-refractivity contribution in [3.05, 3.63) is 119 Å². The van der Waals surface area contributed by atoms with Crippen molar-refractivity contribution in [2.45, 2.75) is 0 Å². The van der Waals surface area contributed by atoms with Crippen LogP contribution in [0.4, 0.5) is 0 Å². The van der Waals surface area contributed by atoms with Crippen LogP contribution in [0.5, 0.6) is 0 Å². The second-order valence-corrected chi connectivity index (χ2v) is 7.01. The lowest BCUT2D eigenvalue weighted by Crippen LogP contribution is -1.89. The Hall–Kier alpha value is -3.38. The standard InChI is InChI=1S/C26H16/c1-2-8-17(9-3-1)25-22-13-7-6-12-21(22)24-16-20-14-18-10-4-5-11-19(18)15-23(20)26(24)25/h1-16H. The normalized spacial score (nSPS) is 14.2. The molecule has 0 nitrogen and oxygen atoms in total. The van der Waals surface area contributed by atoms with Gasteiger partial charge in [-0.3, -0.25) is 0 Å². The number of fused-ring (bicyclic) bond motifs is 6. The van der Waals surface area contributed by atoms with Crippen LogP contribution in [0.3, 0.4) is 0 Å². The minimum atomic E-state index is 1.29. The highest BCUT2D eigenvalue weighted by Crippen LogP contribution is 2.54. The first-order valence-electron chi connectivity index (χ1n) is 9.05. The van der Waals surface area contributed by atoms with E-state index in [1.54, 1.807) is 0 Å². The molecule has 0 heterocycles. The molecule has 0 unspecified atom stereocenters. The smallest absolute Gasteiger partial charge is 0.00139 e. The molecule has 0 amide bonds. The Labute approximate surface area is 152 Å². The lowest BCUT2D eigenvalue weighted by atomic mass is 9.93. The maximum absolute atomic E-state index is 2.37. The van der Waals surface area contributed by atoms with E-state index in [4.69, 9.17) is 0 Å². The monoisotopic (exact) mass is 328 g/mol. The zero-order valence-corrected chi connectivity index (χ0v) is 14.2. The first kappa shape index (κ1) is 13.9. The van der Waals surface area contributed by atoms with E-state index in [0.29, 0.717) is 0 Å². The van der Waals surface area contributed by atoms with Crippen molar-refractivity contribution in [2.24, 2.45) is 0 Å². The SMILES string of the molecule is C1=C2C(=C(c3ccccc3)c3ccccc32)c2cc3ccccc3cc21. The van der Waals surface area contributed by atoms with Gasteiger partial charge in [0.2, 0.25) is 0 Å². The zero-order valence-electron chi connectivity index (χ0n) is 14.2. The maximum Gasteiger partial charge on any atom is -0.00139 e. The van der Waals surface area contributed by atoms with Gasteiger partial charge in [0.1, 0.15) is 0 Å². The molecule has 26 heavy (non-hydrogen) atoms. The minimum Gasteiger partial charge on any atom is -0.0622 e. The number of allylic oxidation sites excluding steroid dienone is 2. The second-order valence-electron chi connectivity index (χ2n) is 7.01. The van der Waals surface area contributed by atoms with Gasteiger partial charge in [0.15, 0.2) is 0 Å². The quantitative estimate of drug-likeness (QED) is 0.366. The average molecular weight is 328 g/mol. The summed E-state index contributed by atoms with van der Waals surface area (Å²) < 4.78 is 0. The fourth-order valence-electron chi connectivity index (χ4n) is 4.42. The average Bonchev–Trinajstić information content (AvgIpc) is 3.21. The maximum atomic E-state index is 2.37. The van der Waals surface area contributed by atoms with Gasteiger partial charge < -0.3 is 0 Å². The number of rotatable bonds is 1. The lowest BCUT2D eigenvalue weighted by molar-refractivity contribution is 1.55. The van der Waals surface area contributed by atoms with Gasteiger partial charge in [-0.15, -0.1) is 0 Å². The zero-order chi connectivity index (χ0) is 17.1. The molecule has 0 saturated heterocycles. The predicted molar refractivity (Wildman–Crippen MR) is 111 cm³/mol. The van der Waals surface area contributed by atoms with Crippen molar-refractivity contribution in [3.63, 3.8) is 0 Å². The van der Waals surface area contributed by atoms with Gasteiger partial charge in [-0.1, -0.05) is 78.9 Å². The lowest BCUT2D eigenvalue weighted by Gasteiger charge is -2.10. The van der Waals surface area contributed by atoms with Crippen molar-refractivity contribution < 1.29 is 0 Å². The number of hydrogen-bond acceptors (Lipinski definition) is 0. The molecule has 2 aliphatic rings. The fraction of sp³-hybridized carbons (Fsp3) is 0. The number of hydrogen-bond donors (Lipinski definition) is 0. The molecule has 0 aromatic heterocycles. The molecule has 0 N–H and O–H groups in total. The Kier molecular flexibility index (Phi) is 2.70. The molecule has 0 aliphatic heterocycles. The van der Waals surface area contributed by atoms with E-state index in [-0.39, 0.29) is 0 Å². The number of benzene rings is 4. The third kappa shape index (κ3) is 1.79. The summed E-state index contributed by atoms with van der Waals surface area (Å²) in [5.41, 5.74) is 10.8. The molecule has 0 bridgehead atoms. The summed E-state index contributed by atoms with van der Waals surface area (Å²) in [6.07, 6.45) is 2.37. The van der Waals surface area contributed by atoms with Crippen LogP contribution < -0.4 is 0 Å². The highest BCUT2D eigenvalue weighted by atomic mass is 14.3. The van der Waals surface area contributed by atoms with Crippen molar-refractivity contribution >= 4 is 33.6 Å². The molecule has 120 valence electrons. The predicted octanol–water partition coefficient (Wildman–Crippen LogP) is 6.67. The molecule has 2 aliphatic carbocycles. The van der Waals surface area contributed by atoms with Crippen LogP contribution >= 0.6 is 0 Å². The molecule has 6 rings (SSSR count). The molecule has 4 aromatic rings. The van der Waals surface area contributed by atoms with Gasteiger partial charge in [-0.2, -0.15) is 0 Å². The summed E-state index contributed by atoms with van der Waals surface area (Å²) >= 11 is 0. The van der Waals surface area contributed by atoms with Gasteiger partial charge in [-0.25, -0.2) is 0 Å². The van der Waals surface area contributed by atoms with Crippen LogP contribution in [-0.4, -0.2) is 0 Å². The molecule has 0 spiro atoms. The van der Waals surface area contributed by atoms with Gasteiger partial charge in [0, 0.05) is 0 Å². The van der Waals surface area contributed by atoms with Crippen LogP contribution in [0.25, 0.3) is 33.6 Å². The Morgan fingerprint density at radius 3 is 1.92 bits per heavy atom. The van der Waals surface area contributed by atoms with E-state index < -0.39 is 0 Å². The van der Waals surface area contributed by atoms with Crippen molar-refractivity contribution in [1.82, 2.24) is 0 Å². The Bertz CT molecular complexity index is 1250. The third-order valence-electron chi connectivity index (χ3n) is 5.56. The summed E-state index contributed by atoms with van der Waals surface area (Å²) in [7, 11) is 0. The van der Waals surface area contributed by atoms with E-state index in [0.717, 1.165) is 0 Å². The minimum absolute atomic E-state index is 1.29. The van der Waals surface area contributed by atoms with E-state index in [1.165, 1.54) is 55.3 Å². The van der Waals surface area contributed by atoms with Crippen LogP contribution in [0.2, 0.25) is 0 Å². The van der Waals surface area contributed by atoms with Gasteiger partial charge >= 0.3 is 0 Å². The Morgan fingerprint density at radius 1 is 0.462 bits per heavy atom. The van der Waals surface area contributed by atoms with Crippen molar-refractivity contribution in [2.75, 3.05) is 0 Å². The van der Waals surface area contributed by atoms with Crippen LogP contribution in [0.15, 0.2) is 91.0 Å². The Morgan fingerprint density at radius 2 is 1.12 bits per heavy atom. The summed E-state index contributed by atoms with van der Waals surface area (Å²) in [4.78, 5) is 0. The molecule has 0 heteroatoms. The van der Waals surface area contributed by atoms with E-state index in [9.17, 15) is 0 Å². The van der Waals surface area contributed by atoms with E-state index in [2.05, 4.69) is 97.1 Å². The summed E-state index contributed by atoms with van der Waals surface area (Å²) in [5.74, 6) is 0. The highest BCUT2D eigenvalue weighted by Gasteiger charge is 2.32. The van der Waals surface area contributed by atoms with E-state index >= 15 is 0 Å². The first-order chi connectivity index (χ1) is 12.9. The van der Waals surface area contributed by atoms with Crippen molar-refractivity contribution in [3.8, 4) is 0 Å². The summed E-state index contributed by atoms with van der Waals surface area (Å²) in [5, 5.41) is 2.61. The third-order valence-corrected chi connectivity index (χ3v) is 5.56. The van der Waals surface area contributed by atoms with E-state index in [1.807, 2.05) is 0 Å². The van der Waals surface area contributed by atoms with Crippen LogP contribution in [-0.2, 0) is 0 Å². The summed E-state index contributed by atoms with van der Waals surface area (Å²) in [6, 6.07) is 32.9. The highest BCUT2D eigenvalue weighted by molar-refractivity contribution is 6.31. The van der Waals surface area contributed by atoms with Crippen LogP contribution in [0, 0.1) is 0 Å². The summed E-state index contributed by atoms with van der Waals surface area (Å²) in [6.45, 7) is 0. The molecule has 0 atom stereocenters. The topological polar surface area (TPSA) is 0 Å². The first-order valence-corrected chi connectivity index (χ1v) is 9.05. The Balaban J connectivity index is 1.73. The van der Waals surface area contributed by atoms with Gasteiger partial charge in [-0.05, 0) is 73.5 Å².